The van der Waals surface area contributed by atoms with Crippen LogP contribution in [0.5, 0.6) is 11.5 Å². The Bertz CT molecular complexity index is 964. The summed E-state index contributed by atoms with van der Waals surface area (Å²) in [6.07, 6.45) is 0.782. The van der Waals surface area contributed by atoms with Crippen LogP contribution in [0, 0.1) is 0 Å². The van der Waals surface area contributed by atoms with E-state index in [1.165, 1.54) is 0 Å². The van der Waals surface area contributed by atoms with Crippen molar-refractivity contribution >= 4 is 17.2 Å². The highest BCUT2D eigenvalue weighted by atomic mass is 32.1. The minimum absolute atomic E-state index is 0.0492. The molecule has 1 aliphatic heterocycles. The number of methoxy groups -OCH3 is 1. The van der Waals surface area contributed by atoms with E-state index in [-0.39, 0.29) is 5.91 Å². The van der Waals surface area contributed by atoms with Crippen LogP contribution >= 0.6 is 11.3 Å². The first kappa shape index (κ1) is 18.5. The zero-order valence-electron chi connectivity index (χ0n) is 16.0. The number of carbonyl (C=O) groups excluding carboxylic acids is 1. The van der Waals surface area contributed by atoms with E-state index >= 15 is 0 Å². The maximum absolute atomic E-state index is 12.9. The number of aromatic nitrogens is 1. The van der Waals surface area contributed by atoms with Crippen molar-refractivity contribution < 1.29 is 14.3 Å². The summed E-state index contributed by atoms with van der Waals surface area (Å²) in [6, 6.07) is 15.3. The van der Waals surface area contributed by atoms with Gasteiger partial charge in [-0.3, -0.25) is 4.79 Å². The third-order valence-corrected chi connectivity index (χ3v) is 5.90. The van der Waals surface area contributed by atoms with Crippen LogP contribution in [0.1, 0.15) is 27.9 Å². The van der Waals surface area contributed by atoms with Gasteiger partial charge in [-0.15, -0.1) is 11.3 Å². The molecule has 1 aliphatic rings. The first-order valence-corrected chi connectivity index (χ1v) is 10.1. The molecule has 2 aromatic carbocycles. The average molecular weight is 394 g/mol. The summed E-state index contributed by atoms with van der Waals surface area (Å²) in [4.78, 5) is 20.7. The van der Waals surface area contributed by atoms with Gasteiger partial charge in [-0.25, -0.2) is 4.98 Å². The van der Waals surface area contributed by atoms with Gasteiger partial charge in [0.05, 0.1) is 26.0 Å². The standard InChI is InChI=1S/C22H22N2O3S/c1-3-27-18-10-6-16(7-11-18)22(25)24-13-12-19-20(14-24)28-21(23-19)15-4-8-17(26-2)9-5-15/h4-11H,3,12-14H2,1-2H3. The van der Waals surface area contributed by atoms with Crippen molar-refractivity contribution in [1.82, 2.24) is 9.88 Å². The van der Waals surface area contributed by atoms with Gasteiger partial charge in [0.2, 0.25) is 0 Å². The second kappa shape index (κ2) is 8.02. The van der Waals surface area contributed by atoms with Crippen LogP contribution in [-0.4, -0.2) is 36.1 Å². The lowest BCUT2D eigenvalue weighted by Crippen LogP contribution is -2.35. The molecule has 0 N–H and O–H groups in total. The number of carbonyl (C=O) groups is 1. The molecular weight excluding hydrogens is 372 g/mol. The van der Waals surface area contributed by atoms with Gasteiger partial charge in [-0.1, -0.05) is 0 Å². The number of hydrogen-bond acceptors (Lipinski definition) is 5. The average Bonchev–Trinajstić information content (AvgIpc) is 3.17. The van der Waals surface area contributed by atoms with Crippen LogP contribution in [0.15, 0.2) is 48.5 Å². The van der Waals surface area contributed by atoms with Gasteiger partial charge < -0.3 is 14.4 Å². The van der Waals surface area contributed by atoms with Crippen molar-refractivity contribution in [3.8, 4) is 22.1 Å². The zero-order chi connectivity index (χ0) is 19.5. The molecular formula is C22H22N2O3S. The molecule has 6 heteroatoms. The topological polar surface area (TPSA) is 51.7 Å². The maximum Gasteiger partial charge on any atom is 0.254 e. The highest BCUT2D eigenvalue weighted by molar-refractivity contribution is 7.15. The quantitative estimate of drug-likeness (QED) is 0.643. The third-order valence-electron chi connectivity index (χ3n) is 4.77. The van der Waals surface area contributed by atoms with E-state index in [0.717, 1.165) is 39.1 Å². The zero-order valence-corrected chi connectivity index (χ0v) is 16.8. The smallest absolute Gasteiger partial charge is 0.254 e. The Morgan fingerprint density at radius 1 is 1.11 bits per heavy atom. The molecule has 28 heavy (non-hydrogen) atoms. The number of rotatable bonds is 5. The summed E-state index contributed by atoms with van der Waals surface area (Å²) < 4.78 is 10.7. The minimum Gasteiger partial charge on any atom is -0.497 e. The molecule has 0 aliphatic carbocycles. The van der Waals surface area contributed by atoms with Crippen LogP contribution in [-0.2, 0) is 13.0 Å². The Hall–Kier alpha value is -2.86. The SMILES string of the molecule is CCOc1ccc(C(=O)N2CCc3nc(-c4ccc(OC)cc4)sc3C2)cc1. The molecule has 0 atom stereocenters. The molecule has 1 amide bonds. The van der Waals surface area contributed by atoms with Crippen molar-refractivity contribution in [1.29, 1.82) is 0 Å². The van der Waals surface area contributed by atoms with Gasteiger partial charge in [-0.05, 0) is 55.5 Å². The van der Waals surface area contributed by atoms with Crippen LogP contribution in [0.3, 0.4) is 0 Å². The number of benzene rings is 2. The van der Waals surface area contributed by atoms with Crippen molar-refractivity contribution in [2.75, 3.05) is 20.3 Å². The molecule has 0 radical (unpaired) electrons. The summed E-state index contributed by atoms with van der Waals surface area (Å²) in [5, 5.41) is 0.989. The fourth-order valence-corrected chi connectivity index (χ4v) is 4.40. The maximum atomic E-state index is 12.9. The lowest BCUT2D eigenvalue weighted by molar-refractivity contribution is 0.0736. The van der Waals surface area contributed by atoms with Gasteiger partial charge in [0.25, 0.3) is 5.91 Å². The van der Waals surface area contributed by atoms with E-state index < -0.39 is 0 Å². The largest absolute Gasteiger partial charge is 0.497 e. The number of thiazole rings is 1. The van der Waals surface area contributed by atoms with Crippen LogP contribution in [0.2, 0.25) is 0 Å². The molecule has 0 bridgehead atoms. The lowest BCUT2D eigenvalue weighted by atomic mass is 10.1. The minimum atomic E-state index is 0.0492. The summed E-state index contributed by atoms with van der Waals surface area (Å²) in [6.45, 7) is 3.85. The number of amides is 1. The highest BCUT2D eigenvalue weighted by Gasteiger charge is 2.25. The Morgan fingerprint density at radius 3 is 2.50 bits per heavy atom. The summed E-state index contributed by atoms with van der Waals surface area (Å²) in [5.74, 6) is 1.66. The lowest BCUT2D eigenvalue weighted by Gasteiger charge is -2.26. The number of hydrogen-bond donors (Lipinski definition) is 0. The van der Waals surface area contributed by atoms with Crippen LogP contribution < -0.4 is 9.47 Å². The van der Waals surface area contributed by atoms with Crippen LogP contribution in [0.4, 0.5) is 0 Å². The molecule has 0 unspecified atom stereocenters. The van der Waals surface area contributed by atoms with Gasteiger partial charge in [0, 0.05) is 29.0 Å². The van der Waals surface area contributed by atoms with Crippen molar-refractivity contribution in [2.24, 2.45) is 0 Å². The molecule has 0 fully saturated rings. The fraction of sp³-hybridized carbons (Fsp3) is 0.273. The van der Waals surface area contributed by atoms with E-state index in [4.69, 9.17) is 14.5 Å². The van der Waals surface area contributed by atoms with Crippen LogP contribution in [0.25, 0.3) is 10.6 Å². The second-order valence-corrected chi connectivity index (χ2v) is 7.64. The van der Waals surface area contributed by atoms with Crippen molar-refractivity contribution in [3.63, 3.8) is 0 Å². The van der Waals surface area contributed by atoms with E-state index in [2.05, 4.69) is 0 Å². The molecule has 5 nitrogen and oxygen atoms in total. The molecule has 3 aromatic rings. The Morgan fingerprint density at radius 2 is 1.82 bits per heavy atom. The third kappa shape index (κ3) is 3.73. The molecule has 144 valence electrons. The predicted octanol–water partition coefficient (Wildman–Crippen LogP) is 4.42. The number of nitrogens with zero attached hydrogens (tertiary/aromatic N) is 2. The molecule has 0 saturated heterocycles. The number of fused-ring (bicyclic) bond motifs is 1. The summed E-state index contributed by atoms with van der Waals surface area (Å²) in [5.41, 5.74) is 2.86. The Labute approximate surface area is 168 Å². The normalized spacial score (nSPS) is 13.1. The summed E-state index contributed by atoms with van der Waals surface area (Å²) >= 11 is 1.66. The molecule has 2 heterocycles. The molecule has 1 aromatic heterocycles. The van der Waals surface area contributed by atoms with E-state index in [1.807, 2.05) is 60.4 Å². The molecule has 0 spiro atoms. The van der Waals surface area contributed by atoms with Crippen molar-refractivity contribution in [2.45, 2.75) is 19.9 Å². The Balaban J connectivity index is 1.49. The highest BCUT2D eigenvalue weighted by Crippen LogP contribution is 2.33. The molecule has 0 saturated carbocycles. The predicted molar refractivity (Wildman–Crippen MR) is 110 cm³/mol. The number of ether oxygens (including phenoxy) is 2. The van der Waals surface area contributed by atoms with Gasteiger partial charge >= 0.3 is 0 Å². The van der Waals surface area contributed by atoms with Gasteiger partial charge in [-0.2, -0.15) is 0 Å². The Kier molecular flexibility index (Phi) is 5.30. The fourth-order valence-electron chi connectivity index (χ4n) is 3.27. The monoisotopic (exact) mass is 394 g/mol. The van der Waals surface area contributed by atoms with Crippen molar-refractivity contribution in [3.05, 3.63) is 64.7 Å². The summed E-state index contributed by atoms with van der Waals surface area (Å²) in [7, 11) is 1.66. The van der Waals surface area contributed by atoms with E-state index in [0.29, 0.717) is 25.3 Å². The first-order valence-electron chi connectivity index (χ1n) is 9.33. The van der Waals surface area contributed by atoms with Gasteiger partial charge in [0.15, 0.2) is 0 Å². The van der Waals surface area contributed by atoms with Gasteiger partial charge in [0.1, 0.15) is 16.5 Å². The first-order chi connectivity index (χ1) is 13.7. The van der Waals surface area contributed by atoms with E-state index in [1.54, 1.807) is 18.4 Å². The molecule has 4 rings (SSSR count). The van der Waals surface area contributed by atoms with E-state index in [9.17, 15) is 4.79 Å². The second-order valence-electron chi connectivity index (χ2n) is 6.55.